The molecule has 1 aromatic carbocycles. The molecule has 0 amide bonds. The maximum absolute atomic E-state index is 4.30. The first-order valence-electron chi connectivity index (χ1n) is 4.35. The monoisotopic (exact) mass is 192 g/mol. The number of hydrogen-bond acceptors (Lipinski definition) is 2. The highest BCUT2D eigenvalue weighted by molar-refractivity contribution is 7.97. The van der Waals surface area contributed by atoms with E-state index in [1.54, 1.807) is 0 Å². The number of nitrogens with zero attached hydrogens (tertiary/aromatic N) is 2. The minimum absolute atomic E-state index is 0.823. The van der Waals surface area contributed by atoms with E-state index in [0.717, 1.165) is 18.3 Å². The van der Waals surface area contributed by atoms with Gasteiger partial charge < -0.3 is 4.90 Å². The molecule has 0 N–H and O–H groups in total. The molecule has 0 aliphatic carbocycles. The fraction of sp³-hybridized carbons (Fsp3) is 0.300. The average molecular weight is 192 g/mol. The largest absolute Gasteiger partial charge is 0.320 e. The Bertz CT molecular complexity index is 329. The summed E-state index contributed by atoms with van der Waals surface area (Å²) in [6.07, 6.45) is 0. The molecule has 2 rings (SSSR count). The van der Waals surface area contributed by atoms with E-state index >= 15 is 0 Å². The minimum atomic E-state index is 0.823. The summed E-state index contributed by atoms with van der Waals surface area (Å²) in [6, 6.07) is 8.42. The van der Waals surface area contributed by atoms with E-state index in [0.29, 0.717) is 0 Å². The quantitative estimate of drug-likeness (QED) is 0.674. The van der Waals surface area contributed by atoms with Crippen LogP contribution in [0.2, 0.25) is 0 Å². The zero-order valence-corrected chi connectivity index (χ0v) is 8.46. The lowest BCUT2D eigenvalue weighted by Gasteiger charge is -2.17. The van der Waals surface area contributed by atoms with Crippen LogP contribution in [-0.4, -0.2) is 18.3 Å². The van der Waals surface area contributed by atoms with Gasteiger partial charge in [-0.3, -0.25) is 4.99 Å². The highest BCUT2D eigenvalue weighted by Gasteiger charge is 2.14. The Morgan fingerprint density at radius 2 is 2.00 bits per heavy atom. The summed E-state index contributed by atoms with van der Waals surface area (Å²) in [7, 11) is 0. The fourth-order valence-corrected chi connectivity index (χ4v) is 1.72. The summed E-state index contributed by atoms with van der Waals surface area (Å²) in [6.45, 7) is 3.89. The van der Waals surface area contributed by atoms with Crippen LogP contribution < -0.4 is 4.90 Å². The molecular weight excluding hydrogens is 180 g/mol. The Kier molecular flexibility index (Phi) is 2.27. The third-order valence-electron chi connectivity index (χ3n) is 2.16. The van der Waals surface area contributed by atoms with Crippen LogP contribution >= 0.6 is 12.6 Å². The van der Waals surface area contributed by atoms with E-state index in [4.69, 9.17) is 0 Å². The molecule has 0 radical (unpaired) electrons. The summed E-state index contributed by atoms with van der Waals surface area (Å²) in [5.41, 5.74) is 2.46. The Morgan fingerprint density at radius 3 is 2.54 bits per heavy atom. The van der Waals surface area contributed by atoms with Gasteiger partial charge in [-0.1, -0.05) is 17.7 Å². The topological polar surface area (TPSA) is 15.6 Å². The van der Waals surface area contributed by atoms with Crippen LogP contribution in [0.1, 0.15) is 5.56 Å². The predicted molar refractivity (Wildman–Crippen MR) is 59.8 cm³/mol. The fourth-order valence-electron chi connectivity index (χ4n) is 1.40. The molecule has 0 unspecified atom stereocenters. The second-order valence-corrected chi connectivity index (χ2v) is 3.57. The van der Waals surface area contributed by atoms with Crippen LogP contribution in [0.3, 0.4) is 0 Å². The zero-order chi connectivity index (χ0) is 9.26. The van der Waals surface area contributed by atoms with Crippen molar-refractivity contribution in [1.82, 2.24) is 0 Å². The van der Waals surface area contributed by atoms with Crippen LogP contribution in [0, 0.1) is 6.92 Å². The predicted octanol–water partition coefficient (Wildman–Crippen LogP) is 2.10. The molecule has 0 spiro atoms. The zero-order valence-electron chi connectivity index (χ0n) is 7.57. The number of anilines is 1. The van der Waals surface area contributed by atoms with Crippen molar-refractivity contribution in [3.8, 4) is 0 Å². The maximum Gasteiger partial charge on any atom is 0.160 e. The van der Waals surface area contributed by atoms with E-state index < -0.39 is 0 Å². The molecular formula is C10H12N2S. The molecule has 3 heteroatoms. The normalized spacial score (nSPS) is 16.2. The Labute approximate surface area is 83.7 Å². The third kappa shape index (κ3) is 1.70. The molecule has 1 aromatic rings. The van der Waals surface area contributed by atoms with Gasteiger partial charge in [-0.15, -0.1) is 12.6 Å². The summed E-state index contributed by atoms with van der Waals surface area (Å²) >= 11 is 4.30. The van der Waals surface area contributed by atoms with Gasteiger partial charge in [0.1, 0.15) is 0 Å². The smallest absolute Gasteiger partial charge is 0.160 e. The second kappa shape index (κ2) is 3.42. The molecule has 0 saturated carbocycles. The van der Waals surface area contributed by atoms with Crippen LogP contribution in [0.5, 0.6) is 0 Å². The van der Waals surface area contributed by atoms with Gasteiger partial charge >= 0.3 is 0 Å². The minimum Gasteiger partial charge on any atom is -0.320 e. The molecule has 2 nitrogen and oxygen atoms in total. The van der Waals surface area contributed by atoms with E-state index in [1.807, 2.05) is 0 Å². The Balaban J connectivity index is 2.26. The first kappa shape index (κ1) is 8.63. The van der Waals surface area contributed by atoms with Crippen LogP contribution in [0.25, 0.3) is 0 Å². The van der Waals surface area contributed by atoms with E-state index in [1.165, 1.54) is 11.3 Å². The van der Waals surface area contributed by atoms with Gasteiger partial charge in [-0.2, -0.15) is 0 Å². The average Bonchev–Trinajstić information content (AvgIpc) is 2.53. The van der Waals surface area contributed by atoms with E-state index in [-0.39, 0.29) is 0 Å². The molecule has 1 aliphatic rings. The Hall–Kier alpha value is -0.960. The molecule has 0 bridgehead atoms. The first-order chi connectivity index (χ1) is 6.27. The number of amidine groups is 1. The van der Waals surface area contributed by atoms with Crippen LogP contribution in [0.4, 0.5) is 5.69 Å². The lowest BCUT2D eigenvalue weighted by Crippen LogP contribution is -2.23. The van der Waals surface area contributed by atoms with E-state index in [9.17, 15) is 0 Å². The van der Waals surface area contributed by atoms with Gasteiger partial charge in [0.15, 0.2) is 5.17 Å². The van der Waals surface area contributed by atoms with Crippen molar-refractivity contribution >= 4 is 23.5 Å². The van der Waals surface area contributed by atoms with Gasteiger partial charge in [0.25, 0.3) is 0 Å². The SMILES string of the molecule is Cc1ccc(N2CCN=C2S)cc1. The van der Waals surface area contributed by atoms with Crippen LogP contribution in [-0.2, 0) is 0 Å². The first-order valence-corrected chi connectivity index (χ1v) is 4.80. The van der Waals surface area contributed by atoms with Gasteiger partial charge in [0.05, 0.1) is 6.54 Å². The number of rotatable bonds is 1. The van der Waals surface area contributed by atoms with Crippen molar-refractivity contribution in [2.75, 3.05) is 18.0 Å². The van der Waals surface area contributed by atoms with Gasteiger partial charge in [0, 0.05) is 12.2 Å². The number of thiol groups is 1. The summed E-state index contributed by atoms with van der Waals surface area (Å²) in [5.74, 6) is 0. The number of benzene rings is 1. The molecule has 13 heavy (non-hydrogen) atoms. The molecule has 1 heterocycles. The lowest BCUT2D eigenvalue weighted by molar-refractivity contribution is 1.02. The maximum atomic E-state index is 4.30. The van der Waals surface area contributed by atoms with Crippen molar-refractivity contribution in [3.63, 3.8) is 0 Å². The molecule has 1 aliphatic heterocycles. The summed E-state index contributed by atoms with van der Waals surface area (Å²) in [5, 5.41) is 0.823. The van der Waals surface area contributed by atoms with Crippen molar-refractivity contribution in [1.29, 1.82) is 0 Å². The second-order valence-electron chi connectivity index (χ2n) is 3.17. The van der Waals surface area contributed by atoms with Crippen molar-refractivity contribution in [2.24, 2.45) is 4.99 Å². The number of hydrogen-bond donors (Lipinski definition) is 1. The van der Waals surface area contributed by atoms with Crippen molar-refractivity contribution < 1.29 is 0 Å². The molecule has 68 valence electrons. The van der Waals surface area contributed by atoms with E-state index in [2.05, 4.69) is 53.7 Å². The molecule has 0 fully saturated rings. The summed E-state index contributed by atoms with van der Waals surface area (Å²) < 4.78 is 0. The molecule has 0 atom stereocenters. The number of aryl methyl sites for hydroxylation is 1. The van der Waals surface area contributed by atoms with Gasteiger partial charge in [-0.05, 0) is 19.1 Å². The van der Waals surface area contributed by atoms with Crippen LogP contribution in [0.15, 0.2) is 29.3 Å². The van der Waals surface area contributed by atoms with Crippen molar-refractivity contribution in [3.05, 3.63) is 29.8 Å². The molecule has 0 aromatic heterocycles. The van der Waals surface area contributed by atoms with Gasteiger partial charge in [-0.25, -0.2) is 0 Å². The summed E-state index contributed by atoms with van der Waals surface area (Å²) in [4.78, 5) is 6.34. The standard InChI is InChI=1S/C10H12N2S/c1-8-2-4-9(5-3-8)12-7-6-11-10(12)13/h2-5H,6-7H2,1H3,(H,11,13). The highest BCUT2D eigenvalue weighted by atomic mass is 32.1. The Morgan fingerprint density at radius 1 is 1.31 bits per heavy atom. The lowest BCUT2D eigenvalue weighted by atomic mass is 10.2. The van der Waals surface area contributed by atoms with Crippen molar-refractivity contribution in [2.45, 2.75) is 6.92 Å². The van der Waals surface area contributed by atoms with Gasteiger partial charge in [0.2, 0.25) is 0 Å². The number of aliphatic imine (C=N–C) groups is 1. The highest BCUT2D eigenvalue weighted by Crippen LogP contribution is 2.19. The molecule has 0 saturated heterocycles. The third-order valence-corrected chi connectivity index (χ3v) is 2.55.